The van der Waals surface area contributed by atoms with E-state index >= 15 is 0 Å². The summed E-state index contributed by atoms with van der Waals surface area (Å²) in [6.07, 6.45) is -0.256. The highest BCUT2D eigenvalue weighted by atomic mass is 32.2. The first kappa shape index (κ1) is 15.3. The van der Waals surface area contributed by atoms with Gasteiger partial charge >= 0.3 is 0 Å². The summed E-state index contributed by atoms with van der Waals surface area (Å²) in [6.45, 7) is 1.95. The van der Waals surface area contributed by atoms with Crippen LogP contribution in [-0.4, -0.2) is 52.1 Å². The molecule has 1 saturated heterocycles. The molecule has 1 N–H and O–H groups in total. The Hall–Kier alpha value is -1.09. The second kappa shape index (κ2) is 6.13. The Morgan fingerprint density at radius 1 is 1.40 bits per heavy atom. The molecule has 0 saturated carbocycles. The standard InChI is InChI=1S/C12H16F2N2O3S/c1-16(8-9-7-15-4-5-19-9)20(17,18)10-2-3-11(13)12(14)6-10/h2-3,6,9,15H,4-5,7-8H2,1H3. The number of hydrogen-bond donors (Lipinski definition) is 1. The number of hydrogen-bond acceptors (Lipinski definition) is 4. The molecule has 1 atom stereocenters. The largest absolute Gasteiger partial charge is 0.374 e. The zero-order valence-electron chi connectivity index (χ0n) is 11.0. The summed E-state index contributed by atoms with van der Waals surface area (Å²) in [5, 5.41) is 3.09. The van der Waals surface area contributed by atoms with Crippen LogP contribution in [0.1, 0.15) is 0 Å². The Balaban J connectivity index is 2.13. The fraction of sp³-hybridized carbons (Fsp3) is 0.500. The van der Waals surface area contributed by atoms with Gasteiger partial charge in [0.25, 0.3) is 0 Å². The van der Waals surface area contributed by atoms with Crippen molar-refractivity contribution < 1.29 is 21.9 Å². The number of likely N-dealkylation sites (N-methyl/N-ethyl adjacent to an activating group) is 1. The molecule has 0 bridgehead atoms. The van der Waals surface area contributed by atoms with Crippen LogP contribution in [0.5, 0.6) is 0 Å². The van der Waals surface area contributed by atoms with Crippen molar-refractivity contribution in [1.29, 1.82) is 0 Å². The smallest absolute Gasteiger partial charge is 0.243 e. The van der Waals surface area contributed by atoms with Gasteiger partial charge in [0, 0.05) is 26.7 Å². The van der Waals surface area contributed by atoms with E-state index in [2.05, 4.69) is 5.32 Å². The van der Waals surface area contributed by atoms with Gasteiger partial charge in [0.05, 0.1) is 17.6 Å². The molecule has 8 heteroatoms. The number of morpholine rings is 1. The first-order valence-electron chi connectivity index (χ1n) is 6.15. The monoisotopic (exact) mass is 306 g/mol. The van der Waals surface area contributed by atoms with Gasteiger partial charge in [-0.2, -0.15) is 4.31 Å². The lowest BCUT2D eigenvalue weighted by molar-refractivity contribution is 0.0206. The van der Waals surface area contributed by atoms with Crippen molar-refractivity contribution in [3.8, 4) is 0 Å². The second-order valence-electron chi connectivity index (χ2n) is 4.56. The molecule has 2 rings (SSSR count). The Kier molecular flexibility index (Phi) is 4.69. The minimum absolute atomic E-state index is 0.147. The zero-order valence-corrected chi connectivity index (χ0v) is 11.8. The maximum atomic E-state index is 13.1. The highest BCUT2D eigenvalue weighted by Gasteiger charge is 2.26. The molecule has 0 amide bonds. The van der Waals surface area contributed by atoms with Gasteiger partial charge in [0.15, 0.2) is 11.6 Å². The third-order valence-electron chi connectivity index (χ3n) is 3.06. The van der Waals surface area contributed by atoms with Gasteiger partial charge in [-0.1, -0.05) is 0 Å². The maximum absolute atomic E-state index is 13.1. The molecule has 1 aromatic rings. The first-order chi connectivity index (χ1) is 9.41. The van der Waals surface area contributed by atoms with Crippen LogP contribution >= 0.6 is 0 Å². The predicted molar refractivity (Wildman–Crippen MR) is 68.8 cm³/mol. The lowest BCUT2D eigenvalue weighted by Gasteiger charge is -2.27. The summed E-state index contributed by atoms with van der Waals surface area (Å²) >= 11 is 0. The normalized spacial score (nSPS) is 20.3. The van der Waals surface area contributed by atoms with Gasteiger partial charge in [-0.05, 0) is 18.2 Å². The molecule has 0 aliphatic carbocycles. The highest BCUT2D eigenvalue weighted by molar-refractivity contribution is 7.89. The minimum atomic E-state index is -3.86. The summed E-state index contributed by atoms with van der Waals surface area (Å²) in [5.74, 6) is -2.26. The molecule has 1 aromatic carbocycles. The third kappa shape index (κ3) is 3.32. The van der Waals surface area contributed by atoms with E-state index in [1.807, 2.05) is 0 Å². The fourth-order valence-corrected chi connectivity index (χ4v) is 3.15. The number of benzene rings is 1. The summed E-state index contributed by atoms with van der Waals surface area (Å²) in [7, 11) is -2.48. The van der Waals surface area contributed by atoms with E-state index in [9.17, 15) is 17.2 Å². The van der Waals surface area contributed by atoms with Crippen LogP contribution in [0.2, 0.25) is 0 Å². The number of nitrogens with one attached hydrogen (secondary N) is 1. The summed E-state index contributed by atoms with van der Waals surface area (Å²) in [4.78, 5) is -0.275. The summed E-state index contributed by atoms with van der Waals surface area (Å²) < 4.78 is 56.9. The van der Waals surface area contributed by atoms with Gasteiger partial charge in [0.2, 0.25) is 10.0 Å². The molecule has 20 heavy (non-hydrogen) atoms. The number of rotatable bonds is 4. The lowest BCUT2D eigenvalue weighted by atomic mass is 10.3. The number of ether oxygens (including phenoxy) is 1. The summed E-state index contributed by atoms with van der Waals surface area (Å²) in [5.41, 5.74) is 0. The molecular weight excluding hydrogens is 290 g/mol. The Morgan fingerprint density at radius 3 is 2.75 bits per heavy atom. The Labute approximate surface area is 116 Å². The zero-order chi connectivity index (χ0) is 14.8. The molecule has 1 aliphatic rings. The van der Waals surface area contributed by atoms with E-state index in [1.54, 1.807) is 0 Å². The quantitative estimate of drug-likeness (QED) is 0.884. The van der Waals surface area contributed by atoms with E-state index in [4.69, 9.17) is 4.74 Å². The van der Waals surface area contributed by atoms with Gasteiger partial charge in [0.1, 0.15) is 0 Å². The van der Waals surface area contributed by atoms with Crippen LogP contribution in [0.25, 0.3) is 0 Å². The van der Waals surface area contributed by atoms with Gasteiger partial charge in [-0.25, -0.2) is 17.2 Å². The number of sulfonamides is 1. The van der Waals surface area contributed by atoms with Crippen LogP contribution < -0.4 is 5.32 Å². The molecule has 1 unspecified atom stereocenters. The van der Waals surface area contributed by atoms with Crippen molar-refractivity contribution in [1.82, 2.24) is 9.62 Å². The molecule has 0 spiro atoms. The van der Waals surface area contributed by atoms with Crippen LogP contribution in [0, 0.1) is 11.6 Å². The fourth-order valence-electron chi connectivity index (χ4n) is 1.94. The molecule has 1 fully saturated rings. The van der Waals surface area contributed by atoms with E-state index < -0.39 is 21.7 Å². The van der Waals surface area contributed by atoms with Gasteiger partial charge in [-0.3, -0.25) is 0 Å². The lowest BCUT2D eigenvalue weighted by Crippen LogP contribution is -2.45. The number of halogens is 2. The molecule has 112 valence electrons. The van der Waals surface area contributed by atoms with Crippen LogP contribution in [-0.2, 0) is 14.8 Å². The maximum Gasteiger partial charge on any atom is 0.243 e. The molecule has 1 aliphatic heterocycles. The Morgan fingerprint density at radius 2 is 2.15 bits per heavy atom. The van der Waals surface area contributed by atoms with E-state index in [-0.39, 0.29) is 17.5 Å². The van der Waals surface area contributed by atoms with E-state index in [0.29, 0.717) is 19.2 Å². The number of nitrogens with zero attached hydrogens (tertiary/aromatic N) is 1. The van der Waals surface area contributed by atoms with Gasteiger partial charge < -0.3 is 10.1 Å². The summed E-state index contributed by atoms with van der Waals surface area (Å²) in [6, 6.07) is 2.53. The average Bonchev–Trinajstić information content (AvgIpc) is 2.42. The third-order valence-corrected chi connectivity index (χ3v) is 4.88. The topological polar surface area (TPSA) is 58.6 Å². The van der Waals surface area contributed by atoms with Crippen molar-refractivity contribution in [2.45, 2.75) is 11.0 Å². The molecule has 1 heterocycles. The Bertz CT molecular complexity index is 574. The van der Waals surface area contributed by atoms with Crippen molar-refractivity contribution >= 4 is 10.0 Å². The highest BCUT2D eigenvalue weighted by Crippen LogP contribution is 2.18. The molecule has 0 aromatic heterocycles. The van der Waals surface area contributed by atoms with Crippen LogP contribution in [0.4, 0.5) is 8.78 Å². The van der Waals surface area contributed by atoms with Crippen molar-refractivity contribution in [3.63, 3.8) is 0 Å². The van der Waals surface area contributed by atoms with E-state index in [1.165, 1.54) is 7.05 Å². The minimum Gasteiger partial charge on any atom is -0.374 e. The average molecular weight is 306 g/mol. The molecular formula is C12H16F2N2O3S. The van der Waals surface area contributed by atoms with Crippen molar-refractivity contribution in [2.75, 3.05) is 33.3 Å². The van der Waals surface area contributed by atoms with Crippen LogP contribution in [0.3, 0.4) is 0 Å². The van der Waals surface area contributed by atoms with Gasteiger partial charge in [-0.15, -0.1) is 0 Å². The first-order valence-corrected chi connectivity index (χ1v) is 7.59. The predicted octanol–water partition coefficient (Wildman–Crippen LogP) is 0.574. The molecule has 0 radical (unpaired) electrons. The SMILES string of the molecule is CN(CC1CNCCO1)S(=O)(=O)c1ccc(F)c(F)c1. The van der Waals surface area contributed by atoms with E-state index in [0.717, 1.165) is 23.0 Å². The van der Waals surface area contributed by atoms with Crippen LogP contribution in [0.15, 0.2) is 23.1 Å². The second-order valence-corrected chi connectivity index (χ2v) is 6.60. The molecule has 5 nitrogen and oxygen atoms in total. The van der Waals surface area contributed by atoms with Crippen molar-refractivity contribution in [3.05, 3.63) is 29.8 Å². The van der Waals surface area contributed by atoms with Crippen molar-refractivity contribution in [2.24, 2.45) is 0 Å².